The molecule has 0 unspecified atom stereocenters. The van der Waals surface area contributed by atoms with Crippen molar-refractivity contribution in [2.75, 3.05) is 13.6 Å². The van der Waals surface area contributed by atoms with Crippen molar-refractivity contribution in [3.63, 3.8) is 0 Å². The van der Waals surface area contributed by atoms with Gasteiger partial charge >= 0.3 is 11.9 Å². The van der Waals surface area contributed by atoms with E-state index in [4.69, 9.17) is 19.8 Å². The normalized spacial score (nSPS) is 19.0. The molecule has 1 heterocycles. The molecule has 2 aromatic rings. The molecule has 0 aliphatic carbocycles. The lowest BCUT2D eigenvalue weighted by molar-refractivity contribution is -0.159. The predicted molar refractivity (Wildman–Crippen MR) is 90.9 cm³/mol. The zero-order chi connectivity index (χ0) is 19.4. The molecule has 26 heavy (non-hydrogen) atoms. The number of hydrogen-bond donors (Lipinski definition) is 5. The molecular weight excluding hydrogens is 342 g/mol. The number of aliphatic carboxylic acids is 2. The molecule has 0 saturated carbocycles. The van der Waals surface area contributed by atoms with E-state index in [1.54, 1.807) is 24.3 Å². The number of rotatable bonds is 1. The van der Waals surface area contributed by atoms with Crippen LogP contribution in [-0.4, -0.2) is 56.0 Å². The van der Waals surface area contributed by atoms with Crippen LogP contribution in [0.25, 0.3) is 0 Å². The molecule has 0 saturated heterocycles. The summed E-state index contributed by atoms with van der Waals surface area (Å²) >= 11 is 0. The van der Waals surface area contributed by atoms with Gasteiger partial charge in [0.05, 0.1) is 12.1 Å². The van der Waals surface area contributed by atoms with Crippen molar-refractivity contribution >= 4 is 11.9 Å². The Bertz CT molecular complexity index is 809. The number of phenolic OH excluding ortho intramolecular Hbond substituents is 2. The molecular formula is C18H19NO7. The summed E-state index contributed by atoms with van der Waals surface area (Å²) in [5, 5.41) is 44.2. The van der Waals surface area contributed by atoms with E-state index in [0.717, 1.165) is 16.7 Å². The predicted octanol–water partition coefficient (Wildman–Crippen LogP) is 1.32. The highest BCUT2D eigenvalue weighted by Gasteiger charge is 2.31. The molecule has 0 amide bonds. The first-order valence-electron chi connectivity index (χ1n) is 7.67. The van der Waals surface area contributed by atoms with Gasteiger partial charge in [0.2, 0.25) is 0 Å². The summed E-state index contributed by atoms with van der Waals surface area (Å²) in [5.41, 5.74) is 2.66. The first-order valence-corrected chi connectivity index (χ1v) is 7.67. The Balaban J connectivity index is 0.000000352. The summed E-state index contributed by atoms with van der Waals surface area (Å²) in [7, 11) is 1.94. The minimum Gasteiger partial charge on any atom is -0.508 e. The average Bonchev–Trinajstić information content (AvgIpc) is 2.56. The van der Waals surface area contributed by atoms with Gasteiger partial charge in [-0.25, -0.2) is 9.59 Å². The Morgan fingerprint density at radius 3 is 2.15 bits per heavy atom. The minimum atomic E-state index is -1.82. The summed E-state index contributed by atoms with van der Waals surface area (Å²) in [6.45, 7) is 0.483. The lowest BCUT2D eigenvalue weighted by Gasteiger charge is -2.37. The molecule has 3 rings (SSSR count). The first-order chi connectivity index (χ1) is 12.2. The number of aromatic hydroxyl groups is 2. The van der Waals surface area contributed by atoms with E-state index in [1.807, 2.05) is 30.1 Å². The third kappa shape index (κ3) is 4.29. The molecule has 5 N–H and O–H groups in total. The van der Waals surface area contributed by atoms with Crippen LogP contribution in [0, 0.1) is 0 Å². The highest BCUT2D eigenvalue weighted by atomic mass is 16.4. The van der Waals surface area contributed by atoms with Gasteiger partial charge in [0.15, 0.2) is 0 Å². The van der Waals surface area contributed by atoms with Crippen LogP contribution in [0.1, 0.15) is 28.8 Å². The fourth-order valence-corrected chi connectivity index (χ4v) is 2.94. The zero-order valence-electron chi connectivity index (χ0n) is 13.9. The molecule has 138 valence electrons. The molecule has 8 nitrogen and oxygen atoms in total. The van der Waals surface area contributed by atoms with Gasteiger partial charge in [-0.2, -0.15) is 0 Å². The van der Waals surface area contributed by atoms with E-state index in [2.05, 4.69) is 0 Å². The highest BCUT2D eigenvalue weighted by Crippen LogP contribution is 2.39. The number of hydrogen-bond acceptors (Lipinski definition) is 6. The average molecular weight is 361 g/mol. The smallest absolute Gasteiger partial charge is 0.414 e. The first kappa shape index (κ1) is 19.2. The van der Waals surface area contributed by atoms with Crippen molar-refractivity contribution in [2.24, 2.45) is 0 Å². The van der Waals surface area contributed by atoms with E-state index < -0.39 is 18.0 Å². The molecule has 0 spiro atoms. The van der Waals surface area contributed by atoms with Gasteiger partial charge in [0, 0.05) is 6.54 Å². The Kier molecular flexibility index (Phi) is 5.81. The maximum Gasteiger partial charge on any atom is 0.414 e. The Hall–Kier alpha value is -3.10. The van der Waals surface area contributed by atoms with Crippen molar-refractivity contribution in [3.8, 4) is 11.5 Å². The molecule has 0 radical (unpaired) electrons. The van der Waals surface area contributed by atoms with Gasteiger partial charge in [-0.3, -0.25) is 4.90 Å². The van der Waals surface area contributed by atoms with Crippen LogP contribution in [0.5, 0.6) is 11.5 Å². The number of β-amino-alcohol motifs (C(OH)–C–C–N with tert-alkyl or cyclic N) is 1. The number of aliphatic hydroxyl groups is 1. The SMILES string of the molecule is CN1C[C@H](O)c2cc(O)ccc2[C@H]1c1cccc(O)c1.O=C(O)C(=O)O. The molecule has 0 fully saturated rings. The second kappa shape index (κ2) is 7.85. The van der Waals surface area contributed by atoms with E-state index in [-0.39, 0.29) is 17.5 Å². The molecule has 2 aromatic carbocycles. The Morgan fingerprint density at radius 2 is 1.58 bits per heavy atom. The van der Waals surface area contributed by atoms with Gasteiger partial charge in [-0.15, -0.1) is 0 Å². The number of benzene rings is 2. The molecule has 2 atom stereocenters. The monoisotopic (exact) mass is 361 g/mol. The zero-order valence-corrected chi connectivity index (χ0v) is 13.9. The number of carboxylic acids is 2. The molecule has 1 aliphatic rings. The summed E-state index contributed by atoms with van der Waals surface area (Å²) in [6.07, 6.45) is -0.615. The molecule has 1 aliphatic heterocycles. The molecule has 8 heteroatoms. The van der Waals surface area contributed by atoms with E-state index in [0.29, 0.717) is 6.54 Å². The third-order valence-electron chi connectivity index (χ3n) is 3.99. The standard InChI is InChI=1S/C16H17NO3.C2H2O4/c1-17-9-15(20)14-8-12(19)5-6-13(14)16(17)10-3-2-4-11(18)7-10;3-1(4)2(5)6/h2-8,15-16,18-20H,9H2,1H3;(H,3,4)(H,5,6)/t15-,16+;/m0./s1. The maximum absolute atomic E-state index is 10.2. The number of carbonyl (C=O) groups is 2. The molecule has 0 bridgehead atoms. The van der Waals surface area contributed by atoms with Crippen molar-refractivity contribution in [1.82, 2.24) is 4.90 Å². The van der Waals surface area contributed by atoms with E-state index in [9.17, 15) is 15.3 Å². The Morgan fingerprint density at radius 1 is 0.962 bits per heavy atom. The maximum atomic E-state index is 10.2. The van der Waals surface area contributed by atoms with Gasteiger partial charge in [0.1, 0.15) is 11.5 Å². The second-order valence-electron chi connectivity index (χ2n) is 5.88. The van der Waals surface area contributed by atoms with Crippen LogP contribution < -0.4 is 0 Å². The quantitative estimate of drug-likeness (QED) is 0.479. The minimum absolute atomic E-state index is 0.0406. The second-order valence-corrected chi connectivity index (χ2v) is 5.88. The number of fused-ring (bicyclic) bond motifs is 1. The number of nitrogens with zero attached hydrogens (tertiary/aromatic N) is 1. The van der Waals surface area contributed by atoms with Crippen molar-refractivity contribution in [2.45, 2.75) is 12.1 Å². The number of carboxylic acid groups (broad SMARTS) is 2. The largest absolute Gasteiger partial charge is 0.508 e. The summed E-state index contributed by atoms with van der Waals surface area (Å²) in [6, 6.07) is 12.2. The lowest BCUT2D eigenvalue weighted by Crippen LogP contribution is -2.35. The van der Waals surface area contributed by atoms with Crippen LogP contribution in [0.2, 0.25) is 0 Å². The van der Waals surface area contributed by atoms with Crippen LogP contribution >= 0.6 is 0 Å². The summed E-state index contributed by atoms with van der Waals surface area (Å²) in [5.74, 6) is -3.27. The lowest BCUT2D eigenvalue weighted by atomic mass is 9.87. The highest BCUT2D eigenvalue weighted by molar-refractivity contribution is 6.27. The van der Waals surface area contributed by atoms with E-state index >= 15 is 0 Å². The number of likely N-dealkylation sites (N-methyl/N-ethyl adjacent to an activating group) is 1. The van der Waals surface area contributed by atoms with E-state index in [1.165, 1.54) is 0 Å². The fraction of sp³-hybridized carbons (Fsp3) is 0.222. The number of aliphatic hydroxyl groups excluding tert-OH is 1. The van der Waals surface area contributed by atoms with Crippen LogP contribution in [0.3, 0.4) is 0 Å². The van der Waals surface area contributed by atoms with Crippen molar-refractivity contribution < 1.29 is 35.1 Å². The van der Waals surface area contributed by atoms with Crippen LogP contribution in [0.15, 0.2) is 42.5 Å². The topological polar surface area (TPSA) is 139 Å². The molecule has 0 aromatic heterocycles. The third-order valence-corrected chi connectivity index (χ3v) is 3.99. The van der Waals surface area contributed by atoms with Crippen molar-refractivity contribution in [3.05, 3.63) is 59.2 Å². The fourth-order valence-electron chi connectivity index (χ4n) is 2.94. The van der Waals surface area contributed by atoms with Crippen LogP contribution in [0.4, 0.5) is 0 Å². The van der Waals surface area contributed by atoms with Gasteiger partial charge in [-0.05, 0) is 48.0 Å². The number of phenols is 2. The van der Waals surface area contributed by atoms with Gasteiger partial charge in [0.25, 0.3) is 0 Å². The Labute approximate surface area is 149 Å². The van der Waals surface area contributed by atoms with Crippen molar-refractivity contribution in [1.29, 1.82) is 0 Å². The summed E-state index contributed by atoms with van der Waals surface area (Å²) in [4.78, 5) is 20.2. The van der Waals surface area contributed by atoms with Crippen LogP contribution in [-0.2, 0) is 9.59 Å². The van der Waals surface area contributed by atoms with Gasteiger partial charge < -0.3 is 25.5 Å². The van der Waals surface area contributed by atoms with Gasteiger partial charge in [-0.1, -0.05) is 18.2 Å². The summed E-state index contributed by atoms with van der Waals surface area (Å²) < 4.78 is 0.